The molecule has 2 aromatic heterocycles. The molecule has 0 saturated carbocycles. The third kappa shape index (κ3) is 3.84. The van der Waals surface area contributed by atoms with E-state index < -0.39 is 5.25 Å². The van der Waals surface area contributed by atoms with Crippen LogP contribution in [-0.4, -0.2) is 21.1 Å². The number of nitriles is 1. The standard InChI is InChI=1S/C12H12N6OS2/c1-6(21-12-16-8(14)4-9(15)17-12)10(19)18-11-7(5-13)2-3-20-11/h2-4,6H,1H3,(H,18,19)(H4,14,15,16,17)/t6-/m1/s1. The van der Waals surface area contributed by atoms with Crippen LogP contribution in [0.3, 0.4) is 0 Å². The average Bonchev–Trinajstić information content (AvgIpc) is 2.84. The van der Waals surface area contributed by atoms with E-state index in [1.807, 2.05) is 6.07 Å². The fourth-order valence-corrected chi connectivity index (χ4v) is 2.97. The molecule has 0 spiro atoms. The highest BCUT2D eigenvalue weighted by Gasteiger charge is 2.18. The first kappa shape index (κ1) is 15.1. The summed E-state index contributed by atoms with van der Waals surface area (Å²) in [6.45, 7) is 1.71. The molecule has 0 aliphatic heterocycles. The zero-order valence-corrected chi connectivity index (χ0v) is 12.7. The number of hydrogen-bond donors (Lipinski definition) is 3. The Hall–Kier alpha value is -2.31. The topological polar surface area (TPSA) is 131 Å². The molecule has 2 aromatic rings. The molecule has 108 valence electrons. The highest BCUT2D eigenvalue weighted by Crippen LogP contribution is 2.26. The van der Waals surface area contributed by atoms with Crippen molar-refractivity contribution in [2.24, 2.45) is 0 Å². The summed E-state index contributed by atoms with van der Waals surface area (Å²) in [6.07, 6.45) is 0. The molecule has 0 radical (unpaired) electrons. The lowest BCUT2D eigenvalue weighted by Crippen LogP contribution is -2.22. The van der Waals surface area contributed by atoms with Gasteiger partial charge >= 0.3 is 0 Å². The van der Waals surface area contributed by atoms with Gasteiger partial charge in [0, 0.05) is 6.07 Å². The molecule has 0 aromatic carbocycles. The molecule has 9 heteroatoms. The number of nitrogens with zero attached hydrogens (tertiary/aromatic N) is 3. The predicted octanol–water partition coefficient (Wildman–Crippen LogP) is 1.69. The molecule has 21 heavy (non-hydrogen) atoms. The summed E-state index contributed by atoms with van der Waals surface area (Å²) >= 11 is 2.44. The van der Waals surface area contributed by atoms with Gasteiger partial charge < -0.3 is 16.8 Å². The Balaban J connectivity index is 2.04. The van der Waals surface area contributed by atoms with Crippen molar-refractivity contribution in [1.82, 2.24) is 9.97 Å². The molecule has 0 unspecified atom stereocenters. The van der Waals surface area contributed by atoms with Crippen molar-refractivity contribution < 1.29 is 4.79 Å². The number of amides is 1. The van der Waals surface area contributed by atoms with Crippen LogP contribution in [0.1, 0.15) is 12.5 Å². The monoisotopic (exact) mass is 320 g/mol. The summed E-state index contributed by atoms with van der Waals surface area (Å²) in [5.41, 5.74) is 11.6. The smallest absolute Gasteiger partial charge is 0.238 e. The number of hydrogen-bond acceptors (Lipinski definition) is 8. The quantitative estimate of drug-likeness (QED) is 0.577. The number of nitrogens with two attached hydrogens (primary N) is 2. The van der Waals surface area contributed by atoms with Crippen LogP contribution in [0.25, 0.3) is 0 Å². The molecule has 0 aliphatic rings. The Kier molecular flexibility index (Phi) is 4.62. The fraction of sp³-hybridized carbons (Fsp3) is 0.167. The van der Waals surface area contributed by atoms with Crippen molar-refractivity contribution in [3.63, 3.8) is 0 Å². The minimum Gasteiger partial charge on any atom is -0.383 e. The van der Waals surface area contributed by atoms with Gasteiger partial charge in [-0.1, -0.05) is 11.8 Å². The zero-order valence-electron chi connectivity index (χ0n) is 11.0. The Labute approximate surface area is 129 Å². The molecule has 0 saturated heterocycles. The number of thiophene rings is 1. The van der Waals surface area contributed by atoms with Crippen molar-refractivity contribution in [2.45, 2.75) is 17.3 Å². The van der Waals surface area contributed by atoms with Crippen LogP contribution in [0.5, 0.6) is 0 Å². The lowest BCUT2D eigenvalue weighted by Gasteiger charge is -2.10. The second kappa shape index (κ2) is 6.43. The van der Waals surface area contributed by atoms with Crippen molar-refractivity contribution in [3.8, 4) is 6.07 Å². The lowest BCUT2D eigenvalue weighted by atomic mass is 10.3. The number of nitrogen functional groups attached to an aromatic ring is 2. The van der Waals surface area contributed by atoms with Crippen LogP contribution in [0, 0.1) is 11.3 Å². The predicted molar refractivity (Wildman–Crippen MR) is 83.8 cm³/mol. The summed E-state index contributed by atoms with van der Waals surface area (Å²) in [6, 6.07) is 5.11. The van der Waals surface area contributed by atoms with E-state index in [2.05, 4.69) is 15.3 Å². The number of anilines is 3. The van der Waals surface area contributed by atoms with E-state index in [4.69, 9.17) is 16.7 Å². The SMILES string of the molecule is C[C@@H](Sc1nc(N)cc(N)n1)C(=O)Nc1sccc1C#N. The lowest BCUT2D eigenvalue weighted by molar-refractivity contribution is -0.115. The first-order chi connectivity index (χ1) is 9.99. The highest BCUT2D eigenvalue weighted by atomic mass is 32.2. The Morgan fingerprint density at radius 1 is 1.48 bits per heavy atom. The number of thioether (sulfide) groups is 1. The van der Waals surface area contributed by atoms with Crippen LogP contribution in [0.15, 0.2) is 22.7 Å². The first-order valence-electron chi connectivity index (χ1n) is 5.84. The summed E-state index contributed by atoms with van der Waals surface area (Å²) in [5.74, 6) is 0.258. The molecule has 2 rings (SSSR count). The van der Waals surface area contributed by atoms with Gasteiger partial charge in [-0.15, -0.1) is 11.3 Å². The molecule has 0 fully saturated rings. The van der Waals surface area contributed by atoms with Gasteiger partial charge in [0.15, 0.2) is 5.16 Å². The van der Waals surface area contributed by atoms with Gasteiger partial charge in [0.25, 0.3) is 0 Å². The van der Waals surface area contributed by atoms with Crippen molar-refractivity contribution >= 4 is 45.6 Å². The maximum absolute atomic E-state index is 12.1. The summed E-state index contributed by atoms with van der Waals surface area (Å²) in [7, 11) is 0. The molecule has 1 atom stereocenters. The van der Waals surface area contributed by atoms with Gasteiger partial charge in [0.2, 0.25) is 5.91 Å². The van der Waals surface area contributed by atoms with Gasteiger partial charge in [-0.2, -0.15) is 5.26 Å². The highest BCUT2D eigenvalue weighted by molar-refractivity contribution is 8.00. The number of carbonyl (C=O) groups is 1. The third-order valence-electron chi connectivity index (χ3n) is 2.42. The van der Waals surface area contributed by atoms with Gasteiger partial charge in [0.1, 0.15) is 22.7 Å². The van der Waals surface area contributed by atoms with Crippen LogP contribution >= 0.6 is 23.1 Å². The van der Waals surface area contributed by atoms with Gasteiger partial charge in [-0.05, 0) is 18.4 Å². The van der Waals surface area contributed by atoms with Crippen molar-refractivity contribution in [3.05, 3.63) is 23.1 Å². The Morgan fingerprint density at radius 2 is 2.14 bits per heavy atom. The minimum absolute atomic E-state index is 0.247. The first-order valence-corrected chi connectivity index (χ1v) is 7.60. The largest absolute Gasteiger partial charge is 0.383 e. The number of carbonyl (C=O) groups excluding carboxylic acids is 1. The van der Waals surface area contributed by atoms with Gasteiger partial charge in [0.05, 0.1) is 10.8 Å². The fourth-order valence-electron chi connectivity index (χ4n) is 1.43. The maximum Gasteiger partial charge on any atom is 0.238 e. The van der Waals surface area contributed by atoms with E-state index in [0.717, 1.165) is 11.8 Å². The van der Waals surface area contributed by atoms with E-state index in [9.17, 15) is 4.79 Å². The Bertz CT molecular complexity index is 688. The molecule has 0 bridgehead atoms. The molecule has 0 aliphatic carbocycles. The van der Waals surface area contributed by atoms with E-state index in [1.54, 1.807) is 18.4 Å². The molecule has 7 nitrogen and oxygen atoms in total. The molecular weight excluding hydrogens is 308 g/mol. The van der Waals surface area contributed by atoms with E-state index in [-0.39, 0.29) is 17.5 Å². The van der Waals surface area contributed by atoms with Crippen LogP contribution < -0.4 is 16.8 Å². The van der Waals surface area contributed by atoms with Crippen LogP contribution in [-0.2, 0) is 4.79 Å². The van der Waals surface area contributed by atoms with Gasteiger partial charge in [-0.3, -0.25) is 4.79 Å². The maximum atomic E-state index is 12.1. The number of aromatic nitrogens is 2. The van der Waals surface area contributed by atoms with Crippen molar-refractivity contribution in [2.75, 3.05) is 16.8 Å². The molecular formula is C12H12N6OS2. The summed E-state index contributed by atoms with van der Waals surface area (Å²) in [5, 5.41) is 13.8. The molecule has 5 N–H and O–H groups in total. The van der Waals surface area contributed by atoms with Gasteiger partial charge in [-0.25, -0.2) is 9.97 Å². The average molecular weight is 320 g/mol. The van der Waals surface area contributed by atoms with Crippen molar-refractivity contribution in [1.29, 1.82) is 5.26 Å². The van der Waals surface area contributed by atoms with E-state index >= 15 is 0 Å². The molecule has 1 amide bonds. The third-order valence-corrected chi connectivity index (χ3v) is 4.21. The summed E-state index contributed by atoms with van der Waals surface area (Å²) < 4.78 is 0. The molecule has 2 heterocycles. The second-order valence-electron chi connectivity index (χ2n) is 4.02. The zero-order chi connectivity index (χ0) is 15.4. The number of nitrogens with one attached hydrogen (secondary N) is 1. The van der Waals surface area contributed by atoms with Crippen LogP contribution in [0.2, 0.25) is 0 Å². The summed E-state index contributed by atoms with van der Waals surface area (Å²) in [4.78, 5) is 20.1. The second-order valence-corrected chi connectivity index (χ2v) is 6.25. The minimum atomic E-state index is -0.458. The Morgan fingerprint density at radius 3 is 2.76 bits per heavy atom. The van der Waals surface area contributed by atoms with E-state index in [0.29, 0.717) is 15.7 Å². The van der Waals surface area contributed by atoms with Crippen LogP contribution in [0.4, 0.5) is 16.6 Å². The number of rotatable bonds is 4. The van der Waals surface area contributed by atoms with E-state index in [1.165, 1.54) is 17.4 Å². The normalized spacial score (nSPS) is 11.6.